The summed E-state index contributed by atoms with van der Waals surface area (Å²) in [6, 6.07) is 0. The molecule has 15 heavy (non-hydrogen) atoms. The molecule has 1 rings (SSSR count). The van der Waals surface area contributed by atoms with Crippen LogP contribution in [0.1, 0.15) is 22.5 Å². The van der Waals surface area contributed by atoms with Gasteiger partial charge in [0.1, 0.15) is 0 Å². The average molecular weight is 227 g/mol. The minimum Gasteiger partial charge on any atom is -0.316 e. The molecule has 0 bridgehead atoms. The highest BCUT2D eigenvalue weighted by atomic mass is 32.1. The second-order valence-electron chi connectivity index (χ2n) is 3.83. The van der Waals surface area contributed by atoms with Crippen LogP contribution in [-0.4, -0.2) is 36.6 Å². The Hall–Kier alpha value is -0.450. The second-order valence-corrected chi connectivity index (χ2v) is 5.12. The summed E-state index contributed by atoms with van der Waals surface area (Å²) in [7, 11) is 2.16. The topological polar surface area (TPSA) is 28.2 Å². The number of rotatable bonds is 6. The maximum Gasteiger partial charge on any atom is 0.0900 e. The van der Waals surface area contributed by atoms with Crippen LogP contribution >= 0.6 is 11.3 Å². The van der Waals surface area contributed by atoms with Crippen LogP contribution in [0, 0.1) is 13.8 Å². The molecule has 1 aromatic rings. The molecule has 0 spiro atoms. The lowest BCUT2D eigenvalue weighted by atomic mass is 10.3. The van der Waals surface area contributed by atoms with Crippen LogP contribution in [0.3, 0.4) is 0 Å². The molecule has 0 radical (unpaired) electrons. The van der Waals surface area contributed by atoms with Crippen LogP contribution < -0.4 is 5.32 Å². The SMILES string of the molecule is CCNCCN(C)Cc1sc(C)nc1C. The molecule has 0 aliphatic carbocycles. The summed E-state index contributed by atoms with van der Waals surface area (Å²) in [5.74, 6) is 0. The van der Waals surface area contributed by atoms with Crippen LogP contribution in [0.2, 0.25) is 0 Å². The third-order valence-electron chi connectivity index (χ3n) is 2.33. The summed E-state index contributed by atoms with van der Waals surface area (Å²) in [6.45, 7) is 10.5. The van der Waals surface area contributed by atoms with Gasteiger partial charge in [0.05, 0.1) is 10.7 Å². The molecule has 86 valence electrons. The molecule has 0 aromatic carbocycles. The Balaban J connectivity index is 2.37. The van der Waals surface area contributed by atoms with Gasteiger partial charge >= 0.3 is 0 Å². The Morgan fingerprint density at radius 3 is 2.67 bits per heavy atom. The zero-order valence-electron chi connectivity index (χ0n) is 10.1. The summed E-state index contributed by atoms with van der Waals surface area (Å²) >= 11 is 1.81. The minimum atomic E-state index is 1.02. The molecule has 1 heterocycles. The zero-order valence-corrected chi connectivity index (χ0v) is 10.9. The van der Waals surface area contributed by atoms with Crippen molar-refractivity contribution in [2.75, 3.05) is 26.7 Å². The fraction of sp³-hybridized carbons (Fsp3) is 0.727. The van der Waals surface area contributed by atoms with Crippen molar-refractivity contribution in [3.63, 3.8) is 0 Å². The Morgan fingerprint density at radius 2 is 2.13 bits per heavy atom. The molecule has 0 unspecified atom stereocenters. The van der Waals surface area contributed by atoms with Gasteiger partial charge in [-0.3, -0.25) is 4.90 Å². The smallest absolute Gasteiger partial charge is 0.0900 e. The monoisotopic (exact) mass is 227 g/mol. The summed E-state index contributed by atoms with van der Waals surface area (Å²) in [6.07, 6.45) is 0. The lowest BCUT2D eigenvalue weighted by Crippen LogP contribution is -2.28. The highest BCUT2D eigenvalue weighted by Gasteiger charge is 2.07. The quantitative estimate of drug-likeness (QED) is 0.751. The van der Waals surface area contributed by atoms with Crippen LogP contribution in [0.15, 0.2) is 0 Å². The van der Waals surface area contributed by atoms with Crippen LogP contribution in [0.25, 0.3) is 0 Å². The maximum absolute atomic E-state index is 4.44. The molecule has 1 N–H and O–H groups in total. The van der Waals surface area contributed by atoms with E-state index in [0.717, 1.165) is 26.2 Å². The average Bonchev–Trinajstić information content (AvgIpc) is 2.45. The molecule has 0 fully saturated rings. The Labute approximate surface area is 96.5 Å². The van der Waals surface area contributed by atoms with E-state index in [1.54, 1.807) is 0 Å². The molecule has 0 saturated heterocycles. The van der Waals surface area contributed by atoms with E-state index in [4.69, 9.17) is 0 Å². The molecule has 0 aliphatic rings. The Bertz CT molecular complexity index is 296. The number of thiazole rings is 1. The van der Waals surface area contributed by atoms with Crippen molar-refractivity contribution < 1.29 is 0 Å². The second kappa shape index (κ2) is 6.20. The highest BCUT2D eigenvalue weighted by Crippen LogP contribution is 2.18. The first-order valence-electron chi connectivity index (χ1n) is 5.45. The molecular formula is C11H21N3S. The van der Waals surface area contributed by atoms with Crippen LogP contribution in [0.5, 0.6) is 0 Å². The number of aryl methyl sites for hydroxylation is 2. The third kappa shape index (κ3) is 4.28. The normalized spacial score (nSPS) is 11.3. The van der Waals surface area contributed by atoms with Crippen molar-refractivity contribution in [3.8, 4) is 0 Å². The summed E-state index contributed by atoms with van der Waals surface area (Å²) in [5.41, 5.74) is 1.19. The predicted octanol–water partition coefficient (Wildman–Crippen LogP) is 1.80. The Kier molecular flexibility index (Phi) is 5.22. The van der Waals surface area contributed by atoms with Gasteiger partial charge in [0.25, 0.3) is 0 Å². The van der Waals surface area contributed by atoms with Crippen molar-refractivity contribution in [2.45, 2.75) is 27.3 Å². The van der Waals surface area contributed by atoms with Gasteiger partial charge in [-0.05, 0) is 27.4 Å². The van der Waals surface area contributed by atoms with E-state index >= 15 is 0 Å². The van der Waals surface area contributed by atoms with Crippen LogP contribution in [-0.2, 0) is 6.54 Å². The first-order valence-corrected chi connectivity index (χ1v) is 6.27. The summed E-state index contributed by atoms with van der Waals surface area (Å²) in [4.78, 5) is 8.17. The predicted molar refractivity (Wildman–Crippen MR) is 66.5 cm³/mol. The van der Waals surface area contributed by atoms with Gasteiger partial charge in [-0.1, -0.05) is 6.92 Å². The molecule has 0 aliphatic heterocycles. The number of hydrogen-bond donors (Lipinski definition) is 1. The summed E-state index contributed by atoms with van der Waals surface area (Å²) < 4.78 is 0. The van der Waals surface area contributed by atoms with Gasteiger partial charge in [-0.15, -0.1) is 11.3 Å². The van der Waals surface area contributed by atoms with Crippen molar-refractivity contribution >= 4 is 11.3 Å². The fourth-order valence-electron chi connectivity index (χ4n) is 1.49. The van der Waals surface area contributed by atoms with Gasteiger partial charge in [0.15, 0.2) is 0 Å². The lowest BCUT2D eigenvalue weighted by Gasteiger charge is -2.15. The number of hydrogen-bond acceptors (Lipinski definition) is 4. The molecule has 1 aromatic heterocycles. The maximum atomic E-state index is 4.44. The van der Waals surface area contributed by atoms with E-state index in [-0.39, 0.29) is 0 Å². The fourth-order valence-corrected chi connectivity index (χ4v) is 2.51. The molecule has 0 atom stereocenters. The molecule has 4 heteroatoms. The van der Waals surface area contributed by atoms with Gasteiger partial charge < -0.3 is 5.32 Å². The van der Waals surface area contributed by atoms with E-state index in [0.29, 0.717) is 0 Å². The van der Waals surface area contributed by atoms with E-state index in [2.05, 4.69) is 43.0 Å². The lowest BCUT2D eigenvalue weighted by molar-refractivity contribution is 0.327. The third-order valence-corrected chi connectivity index (χ3v) is 3.39. The number of likely N-dealkylation sites (N-methyl/N-ethyl adjacent to an activating group) is 2. The first kappa shape index (κ1) is 12.6. The minimum absolute atomic E-state index is 1.02. The molecule has 0 amide bonds. The van der Waals surface area contributed by atoms with Crippen molar-refractivity contribution in [1.29, 1.82) is 0 Å². The first-order chi connectivity index (χ1) is 7.13. The Morgan fingerprint density at radius 1 is 1.40 bits per heavy atom. The van der Waals surface area contributed by atoms with Gasteiger partial charge in [0.2, 0.25) is 0 Å². The number of aromatic nitrogens is 1. The number of nitrogens with zero attached hydrogens (tertiary/aromatic N) is 2. The largest absolute Gasteiger partial charge is 0.316 e. The molecular weight excluding hydrogens is 206 g/mol. The highest BCUT2D eigenvalue weighted by molar-refractivity contribution is 7.11. The van der Waals surface area contributed by atoms with Gasteiger partial charge in [0, 0.05) is 24.5 Å². The van der Waals surface area contributed by atoms with E-state index in [1.807, 2.05) is 11.3 Å². The van der Waals surface area contributed by atoms with Gasteiger partial charge in [-0.2, -0.15) is 0 Å². The number of nitrogens with one attached hydrogen (secondary N) is 1. The van der Waals surface area contributed by atoms with E-state index in [1.165, 1.54) is 15.6 Å². The van der Waals surface area contributed by atoms with E-state index in [9.17, 15) is 0 Å². The van der Waals surface area contributed by atoms with Crippen molar-refractivity contribution in [3.05, 3.63) is 15.6 Å². The summed E-state index contributed by atoms with van der Waals surface area (Å²) in [5, 5.41) is 4.50. The van der Waals surface area contributed by atoms with Crippen molar-refractivity contribution in [1.82, 2.24) is 15.2 Å². The van der Waals surface area contributed by atoms with Crippen molar-refractivity contribution in [2.24, 2.45) is 0 Å². The molecule has 0 saturated carbocycles. The molecule has 3 nitrogen and oxygen atoms in total. The van der Waals surface area contributed by atoms with E-state index < -0.39 is 0 Å². The standard InChI is InChI=1S/C11H21N3S/c1-5-12-6-7-14(4)8-11-9(2)13-10(3)15-11/h12H,5-8H2,1-4H3. The zero-order chi connectivity index (χ0) is 11.3. The van der Waals surface area contributed by atoms with Crippen LogP contribution in [0.4, 0.5) is 0 Å². The van der Waals surface area contributed by atoms with Gasteiger partial charge in [-0.25, -0.2) is 4.98 Å².